The van der Waals surface area contributed by atoms with Crippen molar-refractivity contribution in [3.8, 4) is 0 Å². The van der Waals surface area contributed by atoms with Crippen LogP contribution in [0.25, 0.3) is 0 Å². The van der Waals surface area contributed by atoms with E-state index in [2.05, 4.69) is 4.98 Å². The molecule has 2 heterocycles. The molecule has 3 rings (SSSR count). The number of para-hydroxylation sites is 1. The van der Waals surface area contributed by atoms with Gasteiger partial charge in [-0.25, -0.2) is 9.88 Å². The van der Waals surface area contributed by atoms with Crippen LogP contribution in [0.4, 0.5) is 24.7 Å². The van der Waals surface area contributed by atoms with Crippen molar-refractivity contribution in [3.05, 3.63) is 53.2 Å². The fourth-order valence-corrected chi connectivity index (χ4v) is 3.51. The summed E-state index contributed by atoms with van der Waals surface area (Å²) in [5.74, 6) is 0.496. The fraction of sp³-hybridized carbons (Fsp3) is 0.368. The van der Waals surface area contributed by atoms with Gasteiger partial charge < -0.3 is 9.80 Å². The highest BCUT2D eigenvalue weighted by molar-refractivity contribution is 6.32. The summed E-state index contributed by atoms with van der Waals surface area (Å²) in [4.78, 5) is 19.9. The van der Waals surface area contributed by atoms with E-state index in [-0.39, 0.29) is 10.9 Å². The third kappa shape index (κ3) is 4.74. The van der Waals surface area contributed by atoms with E-state index in [1.54, 1.807) is 11.9 Å². The number of amides is 1. The van der Waals surface area contributed by atoms with E-state index in [1.807, 2.05) is 35.2 Å². The molecule has 0 atom stereocenters. The van der Waals surface area contributed by atoms with Gasteiger partial charge in [0.25, 0.3) is 11.7 Å². The van der Waals surface area contributed by atoms with Crippen molar-refractivity contribution in [2.24, 2.45) is 0 Å². The second kappa shape index (κ2) is 8.36. The number of hydrogen-bond acceptors (Lipinski definition) is 2. The van der Waals surface area contributed by atoms with Gasteiger partial charge in [-0.2, -0.15) is 13.2 Å². The van der Waals surface area contributed by atoms with Gasteiger partial charge >= 0.3 is 6.18 Å². The predicted octanol–water partition coefficient (Wildman–Crippen LogP) is 1.54. The lowest BCUT2D eigenvalue weighted by Crippen LogP contribution is -3.16. The van der Waals surface area contributed by atoms with Gasteiger partial charge in [0.1, 0.15) is 37.4 Å². The number of anilines is 2. The molecule has 1 aliphatic rings. The molecule has 0 saturated carbocycles. The van der Waals surface area contributed by atoms with E-state index in [4.69, 9.17) is 11.6 Å². The second-order valence-corrected chi connectivity index (χ2v) is 7.19. The number of nitrogens with zero attached hydrogens (tertiary/aromatic N) is 2. The Hall–Kier alpha value is -2.32. The minimum Gasteiger partial charge on any atom is -0.321 e. The molecule has 5 nitrogen and oxygen atoms in total. The van der Waals surface area contributed by atoms with Crippen molar-refractivity contribution in [3.63, 3.8) is 0 Å². The molecule has 1 saturated heterocycles. The lowest BCUT2D eigenvalue weighted by molar-refractivity contribution is -0.892. The van der Waals surface area contributed by atoms with Crippen molar-refractivity contribution in [2.75, 3.05) is 49.6 Å². The molecule has 0 radical (unpaired) electrons. The highest BCUT2D eigenvalue weighted by atomic mass is 35.5. The van der Waals surface area contributed by atoms with Crippen LogP contribution in [-0.2, 0) is 11.0 Å². The van der Waals surface area contributed by atoms with Crippen molar-refractivity contribution in [1.82, 2.24) is 0 Å². The topological polar surface area (TPSA) is 42.1 Å². The average molecular weight is 415 g/mol. The third-order valence-corrected chi connectivity index (χ3v) is 5.19. The molecule has 1 aromatic heterocycles. The molecular formula is C19H22ClF3N4O+2. The van der Waals surface area contributed by atoms with Crippen molar-refractivity contribution >= 4 is 29.0 Å². The normalized spacial score (nSPS) is 15.5. The minimum absolute atomic E-state index is 0.0220. The van der Waals surface area contributed by atoms with Crippen molar-refractivity contribution < 1.29 is 27.8 Å². The molecule has 150 valence electrons. The van der Waals surface area contributed by atoms with Crippen LogP contribution in [-0.4, -0.2) is 45.7 Å². The highest BCUT2D eigenvalue weighted by Crippen LogP contribution is 2.31. The number of halogens is 4. The number of hydrogen-bond donors (Lipinski definition) is 1. The first-order valence-corrected chi connectivity index (χ1v) is 9.32. The first-order chi connectivity index (χ1) is 13.3. The van der Waals surface area contributed by atoms with Gasteiger partial charge in [0.2, 0.25) is 0 Å². The van der Waals surface area contributed by atoms with Crippen LogP contribution in [0, 0.1) is 0 Å². The van der Waals surface area contributed by atoms with Crippen LogP contribution in [0.15, 0.2) is 42.6 Å². The zero-order chi connectivity index (χ0) is 20.3. The number of piperazine rings is 1. The van der Waals surface area contributed by atoms with E-state index in [1.165, 1.54) is 0 Å². The summed E-state index contributed by atoms with van der Waals surface area (Å²) < 4.78 is 38.3. The summed E-state index contributed by atoms with van der Waals surface area (Å²) in [6.07, 6.45) is -3.51. The summed E-state index contributed by atoms with van der Waals surface area (Å²) in [5.41, 5.74) is 0.0386. The fourth-order valence-electron chi connectivity index (χ4n) is 3.22. The molecule has 0 aliphatic carbocycles. The molecule has 1 fully saturated rings. The molecule has 0 spiro atoms. The Balaban J connectivity index is 1.57. The zero-order valence-electron chi connectivity index (χ0n) is 15.4. The summed E-state index contributed by atoms with van der Waals surface area (Å²) in [7, 11) is 1.75. The van der Waals surface area contributed by atoms with E-state index < -0.39 is 11.7 Å². The number of alkyl halides is 3. The number of carbonyl (C=O) groups excluding carboxylic acids is 1. The number of H-pyrrole nitrogens is 1. The largest absolute Gasteiger partial charge is 0.419 e. The minimum atomic E-state index is -4.44. The van der Waals surface area contributed by atoms with Crippen molar-refractivity contribution in [1.29, 1.82) is 0 Å². The van der Waals surface area contributed by atoms with Crippen LogP contribution < -0.4 is 19.7 Å². The molecule has 0 bridgehead atoms. The molecule has 2 aromatic rings. The molecule has 0 unspecified atom stereocenters. The number of aromatic amines is 1. The quantitative estimate of drug-likeness (QED) is 0.824. The summed E-state index contributed by atoms with van der Waals surface area (Å²) in [5, 5.41) is 0.0400. The van der Waals surface area contributed by atoms with Gasteiger partial charge in [0, 0.05) is 12.7 Å². The van der Waals surface area contributed by atoms with Crippen LogP contribution in [0.2, 0.25) is 5.02 Å². The zero-order valence-corrected chi connectivity index (χ0v) is 16.1. The lowest BCUT2D eigenvalue weighted by Gasteiger charge is -2.29. The van der Waals surface area contributed by atoms with Gasteiger partial charge in [0.05, 0.1) is 5.56 Å². The maximum Gasteiger partial charge on any atom is 0.419 e. The Morgan fingerprint density at radius 2 is 1.89 bits per heavy atom. The number of rotatable bonds is 4. The van der Waals surface area contributed by atoms with Crippen LogP contribution in [0.1, 0.15) is 5.56 Å². The smallest absolute Gasteiger partial charge is 0.321 e. The Labute approximate surface area is 166 Å². The van der Waals surface area contributed by atoms with Gasteiger partial charge in [-0.3, -0.25) is 4.79 Å². The second-order valence-electron chi connectivity index (χ2n) is 6.78. The predicted molar refractivity (Wildman–Crippen MR) is 101 cm³/mol. The number of pyridine rings is 1. The van der Waals surface area contributed by atoms with Crippen LogP contribution in [0.3, 0.4) is 0 Å². The number of likely N-dealkylation sites (N-methyl/N-ethyl adjacent to an activating group) is 1. The Morgan fingerprint density at radius 1 is 1.25 bits per heavy atom. The van der Waals surface area contributed by atoms with Crippen LogP contribution in [0.5, 0.6) is 0 Å². The molecule has 2 N–H and O–H groups in total. The van der Waals surface area contributed by atoms with Crippen LogP contribution >= 0.6 is 11.6 Å². The number of nitrogens with one attached hydrogen (secondary N) is 2. The SMILES string of the molecule is CN(C(=O)C[NH+]1CCN(c2[nH+]cc(C(F)(F)F)cc2Cl)CC1)c1ccccc1. The van der Waals surface area contributed by atoms with Gasteiger partial charge in [-0.1, -0.05) is 29.8 Å². The van der Waals surface area contributed by atoms with E-state index >= 15 is 0 Å². The first kappa shape index (κ1) is 20.4. The molecule has 1 aliphatic heterocycles. The number of aromatic nitrogens is 1. The maximum atomic E-state index is 12.8. The monoisotopic (exact) mass is 414 g/mol. The maximum absolute atomic E-state index is 12.8. The third-order valence-electron chi connectivity index (χ3n) is 4.91. The summed E-state index contributed by atoms with van der Waals surface area (Å²) in [6.45, 7) is 2.95. The van der Waals surface area contributed by atoms with E-state index in [9.17, 15) is 18.0 Å². The highest BCUT2D eigenvalue weighted by Gasteiger charge is 2.35. The van der Waals surface area contributed by atoms with Crippen molar-refractivity contribution in [2.45, 2.75) is 6.18 Å². The number of quaternary nitrogens is 1. The Bertz CT molecular complexity index is 824. The van der Waals surface area contributed by atoms with E-state index in [0.717, 1.165) is 22.9 Å². The molecular weight excluding hydrogens is 393 g/mol. The Kier molecular flexibility index (Phi) is 6.10. The lowest BCUT2D eigenvalue weighted by atomic mass is 10.2. The number of benzene rings is 1. The standard InChI is InChI=1S/C19H20ClF3N4O/c1-25(15-5-3-2-4-6-15)17(28)13-26-7-9-27(10-8-26)18-16(20)11-14(12-24-18)19(21,22)23/h2-6,11-12H,7-10,13H2,1H3/p+2. The molecule has 1 aromatic carbocycles. The van der Waals surface area contributed by atoms with E-state index in [0.29, 0.717) is 38.5 Å². The first-order valence-electron chi connectivity index (χ1n) is 8.94. The molecule has 1 amide bonds. The van der Waals surface area contributed by atoms with Gasteiger partial charge in [-0.15, -0.1) is 0 Å². The summed E-state index contributed by atoms with van der Waals surface area (Å²) in [6, 6.07) is 10.4. The molecule has 9 heteroatoms. The average Bonchev–Trinajstić information content (AvgIpc) is 2.68. The molecule has 28 heavy (non-hydrogen) atoms. The van der Waals surface area contributed by atoms with Gasteiger partial charge in [0.15, 0.2) is 6.54 Å². The number of carbonyl (C=O) groups is 1. The van der Waals surface area contributed by atoms with Gasteiger partial charge in [-0.05, 0) is 18.2 Å². The summed E-state index contributed by atoms with van der Waals surface area (Å²) >= 11 is 6.06. The Morgan fingerprint density at radius 3 is 2.46 bits per heavy atom.